The van der Waals surface area contributed by atoms with E-state index in [-0.39, 0.29) is 6.04 Å². The van der Waals surface area contributed by atoms with Gasteiger partial charge in [0.15, 0.2) is 11.5 Å². The van der Waals surface area contributed by atoms with Crippen LogP contribution in [0.5, 0.6) is 11.5 Å². The summed E-state index contributed by atoms with van der Waals surface area (Å²) in [5.74, 6) is 1.53. The maximum absolute atomic E-state index is 5.32. The second-order valence-electron chi connectivity index (χ2n) is 4.87. The molecule has 0 spiro atoms. The summed E-state index contributed by atoms with van der Waals surface area (Å²) in [5.41, 5.74) is 2.28. The lowest BCUT2D eigenvalue weighted by molar-refractivity contribution is 0.354. The van der Waals surface area contributed by atoms with Crippen LogP contribution >= 0.6 is 0 Å². The normalized spacial score (nSPS) is 12.0. The summed E-state index contributed by atoms with van der Waals surface area (Å²) < 4.78 is 10.6. The van der Waals surface area contributed by atoms with Crippen molar-refractivity contribution in [3.63, 3.8) is 0 Å². The van der Waals surface area contributed by atoms with Gasteiger partial charge in [0.2, 0.25) is 0 Å². The van der Waals surface area contributed by atoms with Gasteiger partial charge in [0.1, 0.15) is 0 Å². The summed E-state index contributed by atoms with van der Waals surface area (Å²) in [5, 5.41) is 3.48. The van der Waals surface area contributed by atoms with Crippen molar-refractivity contribution < 1.29 is 9.47 Å². The molecule has 1 aromatic heterocycles. The van der Waals surface area contributed by atoms with Crippen LogP contribution in [-0.2, 0) is 6.42 Å². The summed E-state index contributed by atoms with van der Waals surface area (Å²) in [6, 6.07) is 12.2. The second kappa shape index (κ2) is 7.64. The molecular weight excluding hydrogens is 264 g/mol. The van der Waals surface area contributed by atoms with Crippen molar-refractivity contribution in [3.8, 4) is 11.5 Å². The quantitative estimate of drug-likeness (QED) is 0.849. The molecule has 0 aliphatic rings. The molecule has 21 heavy (non-hydrogen) atoms. The van der Waals surface area contributed by atoms with Gasteiger partial charge in [0.05, 0.1) is 19.9 Å². The number of nitrogens with zero attached hydrogens (tertiary/aromatic N) is 1. The van der Waals surface area contributed by atoms with E-state index in [1.54, 1.807) is 14.2 Å². The van der Waals surface area contributed by atoms with E-state index in [1.807, 2.05) is 36.5 Å². The Balaban J connectivity index is 1.89. The number of hydrogen-bond donors (Lipinski definition) is 1. The average molecular weight is 286 g/mol. The van der Waals surface area contributed by atoms with Crippen LogP contribution in [0.2, 0.25) is 0 Å². The first kappa shape index (κ1) is 15.3. The Morgan fingerprint density at radius 1 is 1.10 bits per heavy atom. The predicted octanol–water partition coefficient (Wildman–Crippen LogP) is 2.99. The molecule has 2 aromatic rings. The van der Waals surface area contributed by atoms with Crippen molar-refractivity contribution in [2.75, 3.05) is 20.8 Å². The predicted molar refractivity (Wildman–Crippen MR) is 83.9 cm³/mol. The standard InChI is InChI=1S/C17H22N2O2/c1-13(15-6-4-5-10-19-15)18-11-9-14-7-8-16(20-2)17(12-14)21-3/h4-8,10,12-13,18H,9,11H2,1-3H3/t13-/m0/s1. The largest absolute Gasteiger partial charge is 0.493 e. The van der Waals surface area contributed by atoms with Crippen molar-refractivity contribution in [2.45, 2.75) is 19.4 Å². The number of rotatable bonds is 7. The maximum Gasteiger partial charge on any atom is 0.160 e. The first-order valence-electron chi connectivity index (χ1n) is 7.10. The lowest BCUT2D eigenvalue weighted by atomic mass is 10.1. The van der Waals surface area contributed by atoms with Crippen LogP contribution in [0.4, 0.5) is 0 Å². The minimum absolute atomic E-state index is 0.242. The van der Waals surface area contributed by atoms with Gasteiger partial charge in [-0.3, -0.25) is 4.98 Å². The molecule has 2 rings (SSSR count). The fraction of sp³-hybridized carbons (Fsp3) is 0.353. The molecule has 1 N–H and O–H groups in total. The summed E-state index contributed by atoms with van der Waals surface area (Å²) in [6.07, 6.45) is 2.75. The summed E-state index contributed by atoms with van der Waals surface area (Å²) in [4.78, 5) is 4.36. The molecule has 1 heterocycles. The van der Waals surface area contributed by atoms with Crippen molar-refractivity contribution >= 4 is 0 Å². The first-order chi connectivity index (χ1) is 10.2. The van der Waals surface area contributed by atoms with Gasteiger partial charge in [0, 0.05) is 12.2 Å². The Labute approximate surface area is 126 Å². The highest BCUT2D eigenvalue weighted by Gasteiger charge is 2.07. The Morgan fingerprint density at radius 2 is 1.90 bits per heavy atom. The van der Waals surface area contributed by atoms with E-state index in [0.717, 1.165) is 30.2 Å². The molecule has 0 fully saturated rings. The van der Waals surface area contributed by atoms with Crippen LogP contribution in [0.25, 0.3) is 0 Å². The zero-order valence-corrected chi connectivity index (χ0v) is 12.8. The third-order valence-electron chi connectivity index (χ3n) is 3.44. The third kappa shape index (κ3) is 4.20. The van der Waals surface area contributed by atoms with E-state index in [2.05, 4.69) is 23.3 Å². The van der Waals surface area contributed by atoms with Gasteiger partial charge in [-0.15, -0.1) is 0 Å². The van der Waals surface area contributed by atoms with E-state index in [4.69, 9.17) is 9.47 Å². The Hall–Kier alpha value is -2.07. The highest BCUT2D eigenvalue weighted by atomic mass is 16.5. The van der Waals surface area contributed by atoms with Gasteiger partial charge in [-0.05, 0) is 49.7 Å². The molecule has 1 atom stereocenters. The van der Waals surface area contributed by atoms with Crippen LogP contribution in [0.1, 0.15) is 24.2 Å². The molecule has 0 aliphatic carbocycles. The fourth-order valence-corrected chi connectivity index (χ4v) is 2.21. The molecule has 0 saturated carbocycles. The van der Waals surface area contributed by atoms with Crippen LogP contribution in [-0.4, -0.2) is 25.7 Å². The smallest absolute Gasteiger partial charge is 0.160 e. The number of benzene rings is 1. The highest BCUT2D eigenvalue weighted by molar-refractivity contribution is 5.42. The van der Waals surface area contributed by atoms with Crippen molar-refractivity contribution in [1.82, 2.24) is 10.3 Å². The lowest BCUT2D eigenvalue weighted by Crippen LogP contribution is -2.22. The molecule has 0 bridgehead atoms. The monoisotopic (exact) mass is 286 g/mol. The second-order valence-corrected chi connectivity index (χ2v) is 4.87. The van der Waals surface area contributed by atoms with Crippen LogP contribution in [0.3, 0.4) is 0 Å². The average Bonchev–Trinajstić information content (AvgIpc) is 2.55. The minimum Gasteiger partial charge on any atom is -0.493 e. The van der Waals surface area contributed by atoms with Gasteiger partial charge in [0.25, 0.3) is 0 Å². The number of aromatic nitrogens is 1. The number of nitrogens with one attached hydrogen (secondary N) is 1. The molecule has 112 valence electrons. The molecule has 0 aliphatic heterocycles. The van der Waals surface area contributed by atoms with Crippen LogP contribution in [0, 0.1) is 0 Å². The number of hydrogen-bond acceptors (Lipinski definition) is 4. The molecule has 4 nitrogen and oxygen atoms in total. The van der Waals surface area contributed by atoms with E-state index >= 15 is 0 Å². The van der Waals surface area contributed by atoms with Gasteiger partial charge in [-0.1, -0.05) is 12.1 Å². The van der Waals surface area contributed by atoms with Crippen molar-refractivity contribution in [3.05, 3.63) is 53.9 Å². The van der Waals surface area contributed by atoms with Crippen LogP contribution in [0.15, 0.2) is 42.6 Å². The number of methoxy groups -OCH3 is 2. The fourth-order valence-electron chi connectivity index (χ4n) is 2.21. The number of pyridine rings is 1. The van der Waals surface area contributed by atoms with Gasteiger partial charge in [-0.25, -0.2) is 0 Å². The third-order valence-corrected chi connectivity index (χ3v) is 3.44. The van der Waals surface area contributed by atoms with Gasteiger partial charge < -0.3 is 14.8 Å². The molecule has 0 radical (unpaired) electrons. The number of ether oxygens (including phenoxy) is 2. The van der Waals surface area contributed by atoms with Crippen molar-refractivity contribution in [1.29, 1.82) is 0 Å². The molecule has 0 unspecified atom stereocenters. The van der Waals surface area contributed by atoms with Gasteiger partial charge >= 0.3 is 0 Å². The SMILES string of the molecule is COc1ccc(CCN[C@@H](C)c2ccccn2)cc1OC. The first-order valence-corrected chi connectivity index (χ1v) is 7.10. The van der Waals surface area contributed by atoms with Crippen LogP contribution < -0.4 is 14.8 Å². The molecule has 0 amide bonds. The summed E-state index contributed by atoms with van der Waals surface area (Å²) in [6.45, 7) is 3.00. The van der Waals surface area contributed by atoms with E-state index in [9.17, 15) is 0 Å². The molecule has 0 saturated heterocycles. The summed E-state index contributed by atoms with van der Waals surface area (Å²) >= 11 is 0. The Kier molecular flexibility index (Phi) is 5.58. The van der Waals surface area contributed by atoms with E-state index in [0.29, 0.717) is 0 Å². The molecule has 4 heteroatoms. The maximum atomic E-state index is 5.32. The van der Waals surface area contributed by atoms with Crippen molar-refractivity contribution in [2.24, 2.45) is 0 Å². The molecular formula is C17H22N2O2. The zero-order chi connectivity index (χ0) is 15.1. The minimum atomic E-state index is 0.242. The topological polar surface area (TPSA) is 43.4 Å². The van der Waals surface area contributed by atoms with E-state index in [1.165, 1.54) is 5.56 Å². The van der Waals surface area contributed by atoms with Gasteiger partial charge in [-0.2, -0.15) is 0 Å². The molecule has 1 aromatic carbocycles. The van der Waals surface area contributed by atoms with E-state index < -0.39 is 0 Å². The lowest BCUT2D eigenvalue weighted by Gasteiger charge is -2.14. The Bertz CT molecular complexity index is 558. The summed E-state index contributed by atoms with van der Waals surface area (Å²) in [7, 11) is 3.30. The zero-order valence-electron chi connectivity index (χ0n) is 12.8. The Morgan fingerprint density at radius 3 is 2.57 bits per heavy atom. The highest BCUT2D eigenvalue weighted by Crippen LogP contribution is 2.27.